The lowest BCUT2D eigenvalue weighted by atomic mass is 9.72. The predicted molar refractivity (Wildman–Crippen MR) is 107 cm³/mol. The Labute approximate surface area is 186 Å². The van der Waals surface area contributed by atoms with Crippen molar-refractivity contribution in [3.05, 3.63) is 0 Å². The second-order valence-corrected chi connectivity index (χ2v) is 9.79. The molecule has 4 aliphatic rings. The molecule has 11 nitrogen and oxygen atoms in total. The summed E-state index contributed by atoms with van der Waals surface area (Å²) in [4.78, 5) is 0. The van der Waals surface area contributed by atoms with Crippen LogP contribution in [0.25, 0.3) is 0 Å². The van der Waals surface area contributed by atoms with E-state index in [1.54, 1.807) is 0 Å². The Morgan fingerprint density at radius 2 is 1.50 bits per heavy atom. The third-order valence-electron chi connectivity index (χ3n) is 7.67. The first-order valence-corrected chi connectivity index (χ1v) is 11.5. The number of rotatable bonds is 4. The van der Waals surface area contributed by atoms with Crippen LogP contribution in [0.3, 0.4) is 0 Å². The van der Waals surface area contributed by atoms with E-state index in [-0.39, 0.29) is 37.4 Å². The van der Waals surface area contributed by atoms with E-state index < -0.39 is 67.3 Å². The minimum Gasteiger partial charge on any atom is -0.427 e. The molecule has 0 spiro atoms. The van der Waals surface area contributed by atoms with E-state index in [2.05, 4.69) is 0 Å². The molecule has 11 heteroatoms. The predicted octanol–water partition coefficient (Wildman–Crippen LogP) is -3.24. The van der Waals surface area contributed by atoms with Crippen molar-refractivity contribution < 1.29 is 54.7 Å². The first-order chi connectivity index (χ1) is 15.2. The number of aliphatic hydroxyl groups excluding tert-OH is 7. The monoisotopic (exact) mass is 465 g/mol. The lowest BCUT2D eigenvalue weighted by molar-refractivity contribution is -0.346. The van der Waals surface area contributed by atoms with Gasteiger partial charge in [-0.15, -0.1) is 0 Å². The molecule has 0 radical (unpaired) electrons. The zero-order valence-electron chi connectivity index (χ0n) is 18.1. The molecule has 0 aromatic heterocycles. The fraction of sp³-hybridized carbons (Fsp3) is 1.00. The largest absolute Gasteiger partial charge is 0.427 e. The van der Waals surface area contributed by atoms with Gasteiger partial charge in [0.2, 0.25) is 0 Å². The average molecular weight is 466 g/mol. The Kier molecular flexibility index (Phi) is 7.75. The molecule has 2 heterocycles. The van der Waals surface area contributed by atoms with Crippen molar-refractivity contribution in [3.8, 4) is 0 Å². The summed E-state index contributed by atoms with van der Waals surface area (Å²) in [5.41, 5.74) is 0. The van der Waals surface area contributed by atoms with E-state index in [1.165, 1.54) is 7.11 Å². The van der Waals surface area contributed by atoms with Crippen LogP contribution >= 0.6 is 0 Å². The van der Waals surface area contributed by atoms with Crippen molar-refractivity contribution in [3.63, 3.8) is 0 Å². The zero-order valence-corrected chi connectivity index (χ0v) is 18.1. The quantitative estimate of drug-likeness (QED) is 0.208. The maximum absolute atomic E-state index is 10.6. The van der Waals surface area contributed by atoms with Crippen LogP contribution in [0, 0.1) is 11.8 Å². The lowest BCUT2D eigenvalue weighted by Gasteiger charge is -2.48. The van der Waals surface area contributed by atoms with Gasteiger partial charge >= 0.3 is 0 Å². The van der Waals surface area contributed by atoms with Crippen molar-refractivity contribution in [2.75, 3.05) is 13.7 Å². The highest BCUT2D eigenvalue weighted by Crippen LogP contribution is 2.42. The van der Waals surface area contributed by atoms with Gasteiger partial charge in [-0.1, -0.05) is 0 Å². The van der Waals surface area contributed by atoms with Crippen LogP contribution in [-0.4, -0.2) is 128 Å². The molecule has 4 rings (SSSR count). The second kappa shape index (κ2) is 10.0. The number of ether oxygens (including phenoxy) is 4. The SMILES string of the molecule is COC1CC(C2[OH+]C3CC(O)CC(O)C3CC2OC2OCC(O)C(O)C2O)CC(O)C1O. The number of fused-ring (bicyclic) bond motifs is 1. The standard InChI is InChI=1S/C21H36O11/c1-29-15-3-8(2-12(24)17(15)26)20-16(32-21-19(28)18(27)13(25)7-30-21)6-10-11(23)4-9(22)5-14(10)31-20/h8-28H,2-7H2,1H3/p+1. The summed E-state index contributed by atoms with van der Waals surface area (Å²) in [6.45, 7) is -0.196. The maximum atomic E-state index is 10.6. The minimum absolute atomic E-state index is 0.196. The molecule has 0 bridgehead atoms. The van der Waals surface area contributed by atoms with Crippen LogP contribution in [0.15, 0.2) is 0 Å². The maximum Gasteiger partial charge on any atom is 0.186 e. The highest BCUT2D eigenvalue weighted by atomic mass is 16.7. The lowest BCUT2D eigenvalue weighted by Crippen LogP contribution is -2.62. The molecule has 2 aliphatic heterocycles. The van der Waals surface area contributed by atoms with Gasteiger partial charge in [-0.05, 0) is 19.3 Å². The van der Waals surface area contributed by atoms with Gasteiger partial charge < -0.3 is 54.7 Å². The second-order valence-electron chi connectivity index (χ2n) is 9.79. The summed E-state index contributed by atoms with van der Waals surface area (Å²) in [5, 5.41) is 71.4. The highest BCUT2D eigenvalue weighted by Gasteiger charge is 2.55. The minimum atomic E-state index is -1.46. The molecule has 4 fully saturated rings. The third-order valence-corrected chi connectivity index (χ3v) is 7.67. The zero-order chi connectivity index (χ0) is 23.2. The number of methoxy groups -OCH3 is 1. The summed E-state index contributed by atoms with van der Waals surface area (Å²) in [6.07, 6.45) is -8.85. The van der Waals surface area contributed by atoms with Crippen LogP contribution in [-0.2, 0) is 14.2 Å². The van der Waals surface area contributed by atoms with Gasteiger partial charge in [0.15, 0.2) is 18.5 Å². The van der Waals surface area contributed by atoms with Gasteiger partial charge in [-0.3, -0.25) is 0 Å². The molecule has 0 aromatic carbocycles. The number of aliphatic hydroxyl groups is 9. The summed E-state index contributed by atoms with van der Waals surface area (Å²) in [7, 11) is 1.47. The van der Waals surface area contributed by atoms with Crippen molar-refractivity contribution in [1.82, 2.24) is 0 Å². The van der Waals surface area contributed by atoms with Crippen molar-refractivity contribution in [2.24, 2.45) is 11.8 Å². The van der Waals surface area contributed by atoms with Gasteiger partial charge in [-0.25, -0.2) is 0 Å². The van der Waals surface area contributed by atoms with E-state index in [0.717, 1.165) is 0 Å². The van der Waals surface area contributed by atoms with E-state index >= 15 is 0 Å². The van der Waals surface area contributed by atoms with Crippen LogP contribution < -0.4 is 0 Å². The smallest absolute Gasteiger partial charge is 0.186 e. The number of hydrogen-bond donors (Lipinski definition) is 7. The number of hydrogen-bond acceptors (Lipinski definition) is 10. The summed E-state index contributed by atoms with van der Waals surface area (Å²) in [6, 6.07) is 0. The average Bonchev–Trinajstić information content (AvgIpc) is 2.75. The van der Waals surface area contributed by atoms with Gasteiger partial charge in [0.1, 0.15) is 30.5 Å². The molecular weight excluding hydrogens is 428 g/mol. The molecule has 2 saturated heterocycles. The molecule has 14 atom stereocenters. The molecule has 0 amide bonds. The first-order valence-electron chi connectivity index (χ1n) is 11.5. The van der Waals surface area contributed by atoms with E-state index in [4.69, 9.17) is 18.9 Å². The van der Waals surface area contributed by atoms with Crippen LogP contribution in [0.4, 0.5) is 0 Å². The molecule has 32 heavy (non-hydrogen) atoms. The molecule has 0 aromatic rings. The van der Waals surface area contributed by atoms with Crippen LogP contribution in [0.2, 0.25) is 0 Å². The Morgan fingerprint density at radius 3 is 2.22 bits per heavy atom. The molecule has 2 aliphatic carbocycles. The highest BCUT2D eigenvalue weighted by molar-refractivity contribution is 4.99. The van der Waals surface area contributed by atoms with Gasteiger partial charge in [0.25, 0.3) is 0 Å². The topological polar surface area (TPSA) is 182 Å². The fourth-order valence-electron chi connectivity index (χ4n) is 5.85. The van der Waals surface area contributed by atoms with Gasteiger partial charge in [0.05, 0.1) is 36.9 Å². The first kappa shape index (κ1) is 24.7. The molecule has 186 valence electrons. The van der Waals surface area contributed by atoms with Crippen molar-refractivity contribution in [2.45, 2.75) is 106 Å². The van der Waals surface area contributed by atoms with Crippen LogP contribution in [0.5, 0.6) is 0 Å². The van der Waals surface area contributed by atoms with E-state index in [1.807, 2.05) is 0 Å². The molecule has 8 N–H and O–H groups in total. The van der Waals surface area contributed by atoms with Gasteiger partial charge in [-0.2, -0.15) is 0 Å². The molecule has 2 saturated carbocycles. The Hall–Kier alpha value is -0.440. The molecular formula is C21H37O11+. The normalized spacial score (nSPS) is 54.8. The summed E-state index contributed by atoms with van der Waals surface area (Å²) in [5.74, 6) is -0.454. The Morgan fingerprint density at radius 1 is 0.750 bits per heavy atom. The fourth-order valence-corrected chi connectivity index (χ4v) is 5.85. The Bertz CT molecular complexity index is 623. The van der Waals surface area contributed by atoms with E-state index in [9.17, 15) is 35.7 Å². The van der Waals surface area contributed by atoms with Gasteiger partial charge in [0, 0.05) is 25.9 Å². The Balaban J connectivity index is 1.55. The van der Waals surface area contributed by atoms with Crippen LogP contribution in [0.1, 0.15) is 32.1 Å². The van der Waals surface area contributed by atoms with E-state index in [0.29, 0.717) is 19.3 Å². The summed E-state index contributed by atoms with van der Waals surface area (Å²) >= 11 is 0. The van der Waals surface area contributed by atoms with Crippen molar-refractivity contribution in [1.29, 1.82) is 0 Å². The molecule has 14 unspecified atom stereocenters. The third kappa shape index (κ3) is 4.84. The van der Waals surface area contributed by atoms with Crippen molar-refractivity contribution >= 4 is 0 Å². The summed E-state index contributed by atoms with van der Waals surface area (Å²) < 4.78 is 21.8.